The van der Waals surface area contributed by atoms with E-state index in [4.69, 9.17) is 14.2 Å². The first-order valence-corrected chi connectivity index (χ1v) is 27.7. The fourth-order valence-corrected chi connectivity index (χ4v) is 8.18. The van der Waals surface area contributed by atoms with E-state index in [2.05, 4.69) is 45.1 Å². The maximum Gasteiger partial charge on any atom is 0.306 e. The van der Waals surface area contributed by atoms with E-state index in [0.29, 0.717) is 23.7 Å². The Bertz CT molecular complexity index is 1050. The number of carbonyl (C=O) groups excluding carboxylic acids is 3. The zero-order valence-electron chi connectivity index (χ0n) is 43.6. The number of esters is 3. The summed E-state index contributed by atoms with van der Waals surface area (Å²) in [5.74, 6) is -0.738. The van der Waals surface area contributed by atoms with Crippen LogP contribution in [0.1, 0.15) is 278 Å². The van der Waals surface area contributed by atoms with E-state index in [-0.39, 0.29) is 37.7 Å². The Hall–Kier alpha value is -2.15. The van der Waals surface area contributed by atoms with Crippen molar-refractivity contribution in [1.82, 2.24) is 0 Å². The third-order valence-electron chi connectivity index (χ3n) is 13.2. The van der Waals surface area contributed by atoms with Gasteiger partial charge in [-0.15, -0.1) is 0 Å². The second-order valence-corrected chi connectivity index (χ2v) is 20.2. The summed E-state index contributed by atoms with van der Waals surface area (Å²) in [4.78, 5) is 39.2. The zero-order chi connectivity index (χ0) is 47.1. The molecule has 0 N–H and O–H groups in total. The van der Waals surface area contributed by atoms with Crippen molar-refractivity contribution < 1.29 is 33.1 Å². The zero-order valence-corrected chi connectivity index (χ0v) is 43.6. The van der Waals surface area contributed by atoms with Crippen LogP contribution < -0.4 is 0 Å². The third kappa shape index (κ3) is 40.2. The van der Waals surface area contributed by atoms with Crippen LogP contribution in [0.4, 0.5) is 0 Å². The Labute approximate surface area is 398 Å². The molecular weight excluding hydrogens is 795 g/mol. The lowest BCUT2D eigenvalue weighted by molar-refractivity contribution is -0.925. The average molecular weight is 903 g/mol. The Balaban J connectivity index is 4.84. The number of nitrogens with zero attached hydrogens (tertiary/aromatic N) is 1. The first-order chi connectivity index (χ1) is 31.1. The van der Waals surface area contributed by atoms with Crippen molar-refractivity contribution in [3.05, 3.63) is 24.3 Å². The van der Waals surface area contributed by atoms with Crippen LogP contribution in [0.3, 0.4) is 0 Å². The monoisotopic (exact) mass is 903 g/mol. The predicted octanol–water partition coefficient (Wildman–Crippen LogP) is 16.8. The Morgan fingerprint density at radius 2 is 0.531 bits per heavy atom. The van der Waals surface area contributed by atoms with E-state index < -0.39 is 5.54 Å². The van der Waals surface area contributed by atoms with E-state index in [9.17, 15) is 14.4 Å². The topological polar surface area (TPSA) is 78.9 Å². The molecule has 7 heteroatoms. The molecule has 0 heterocycles. The van der Waals surface area contributed by atoms with E-state index in [0.717, 1.165) is 70.6 Å². The molecule has 1 atom stereocenters. The normalized spacial score (nSPS) is 12.9. The van der Waals surface area contributed by atoms with Crippen LogP contribution in [0.2, 0.25) is 0 Å². The van der Waals surface area contributed by atoms with Crippen molar-refractivity contribution in [2.24, 2.45) is 0 Å². The largest absolute Gasteiger partial charge is 0.459 e. The van der Waals surface area contributed by atoms with Crippen LogP contribution in [0, 0.1) is 0 Å². The van der Waals surface area contributed by atoms with E-state index >= 15 is 0 Å². The minimum Gasteiger partial charge on any atom is -0.459 e. The summed E-state index contributed by atoms with van der Waals surface area (Å²) in [6.07, 6.45) is 55.3. The molecule has 7 nitrogen and oxygen atoms in total. The van der Waals surface area contributed by atoms with Crippen LogP contribution in [0.15, 0.2) is 24.3 Å². The van der Waals surface area contributed by atoms with E-state index in [1.807, 2.05) is 21.1 Å². The van der Waals surface area contributed by atoms with Crippen LogP contribution >= 0.6 is 0 Å². The van der Waals surface area contributed by atoms with Gasteiger partial charge in [-0.05, 0) is 70.6 Å². The van der Waals surface area contributed by atoms with Gasteiger partial charge in [-0.1, -0.05) is 212 Å². The molecule has 0 aromatic carbocycles. The van der Waals surface area contributed by atoms with Crippen molar-refractivity contribution in [1.29, 1.82) is 0 Å². The van der Waals surface area contributed by atoms with Gasteiger partial charge in [0.25, 0.3) is 0 Å². The molecule has 0 aliphatic rings. The molecule has 64 heavy (non-hydrogen) atoms. The number of hydrogen-bond donors (Lipinski definition) is 0. The summed E-state index contributed by atoms with van der Waals surface area (Å²) in [6.45, 7) is 6.85. The highest BCUT2D eigenvalue weighted by Crippen LogP contribution is 2.24. The van der Waals surface area contributed by atoms with Crippen molar-refractivity contribution in [3.8, 4) is 0 Å². The molecule has 0 aliphatic heterocycles. The molecule has 0 rings (SSSR count). The molecule has 0 spiro atoms. The standard InChI is InChI=1S/C57H108NO6/c1-7-10-13-16-19-22-25-27-29-31-34-37-40-43-46-49-55(60)63-52-57(58(4,5)6,51-62-54(59)48-45-42-39-36-33-24-21-18-15-12-9-3)53-64-56(61)50-47-44-41-38-35-32-30-28-26-23-20-17-14-11-8-2/h27-30H,7-26,31-53H2,1-6H3/q+1/b29-27-,30-28?. The smallest absolute Gasteiger partial charge is 0.306 e. The quantitative estimate of drug-likeness (QED) is 0.0199. The molecular formula is C57H108NO6+. The fourth-order valence-electron chi connectivity index (χ4n) is 8.18. The number of unbranched alkanes of at least 4 members (excludes halogenated alkanes) is 32. The van der Waals surface area contributed by atoms with Gasteiger partial charge in [0.1, 0.15) is 0 Å². The number of rotatable bonds is 49. The predicted molar refractivity (Wildman–Crippen MR) is 274 cm³/mol. The summed E-state index contributed by atoms with van der Waals surface area (Å²) in [7, 11) is 5.98. The van der Waals surface area contributed by atoms with Crippen molar-refractivity contribution in [2.75, 3.05) is 41.0 Å². The van der Waals surface area contributed by atoms with Crippen LogP contribution in [0.5, 0.6) is 0 Å². The maximum absolute atomic E-state index is 13.1. The molecule has 0 aromatic heterocycles. The molecule has 0 bridgehead atoms. The van der Waals surface area contributed by atoms with Gasteiger partial charge in [0.15, 0.2) is 19.8 Å². The van der Waals surface area contributed by atoms with Gasteiger partial charge < -0.3 is 18.7 Å². The SMILES string of the molecule is CCCCCCCCC=CCCCCCCCC(=O)OCC(COC(=O)CCCCCCC/C=C\CCCCCCCC)(COC(=O)CCCCCCCCCCCCC)[N+](C)(C)C. The molecule has 0 aliphatic carbocycles. The van der Waals surface area contributed by atoms with Gasteiger partial charge in [-0.25, -0.2) is 0 Å². The Morgan fingerprint density at radius 1 is 0.328 bits per heavy atom. The highest BCUT2D eigenvalue weighted by atomic mass is 16.6. The molecule has 0 fully saturated rings. The van der Waals surface area contributed by atoms with E-state index in [1.165, 1.54) is 167 Å². The summed E-state index contributed by atoms with van der Waals surface area (Å²) in [5, 5.41) is 0. The van der Waals surface area contributed by atoms with Gasteiger partial charge in [-0.3, -0.25) is 14.4 Å². The average Bonchev–Trinajstić information content (AvgIpc) is 3.27. The Kier molecular flexibility index (Phi) is 44.4. The molecule has 0 aromatic rings. The minimum atomic E-state index is -0.913. The number of likely N-dealkylation sites (N-methyl/N-ethyl adjacent to an activating group) is 1. The number of allylic oxidation sites excluding steroid dienone is 4. The fraction of sp³-hybridized carbons (Fsp3) is 0.877. The number of ether oxygens (including phenoxy) is 3. The van der Waals surface area contributed by atoms with Crippen molar-refractivity contribution in [2.45, 2.75) is 283 Å². The van der Waals surface area contributed by atoms with Gasteiger partial charge in [0.05, 0.1) is 21.1 Å². The maximum atomic E-state index is 13.1. The molecule has 0 saturated heterocycles. The number of hydrogen-bond acceptors (Lipinski definition) is 6. The molecule has 0 saturated carbocycles. The summed E-state index contributed by atoms with van der Waals surface area (Å²) >= 11 is 0. The lowest BCUT2D eigenvalue weighted by Gasteiger charge is -2.44. The Morgan fingerprint density at radius 3 is 0.750 bits per heavy atom. The van der Waals surface area contributed by atoms with Crippen molar-refractivity contribution in [3.63, 3.8) is 0 Å². The van der Waals surface area contributed by atoms with Crippen molar-refractivity contribution >= 4 is 17.9 Å². The lowest BCUT2D eigenvalue weighted by Crippen LogP contribution is -2.65. The molecule has 0 amide bonds. The van der Waals surface area contributed by atoms with Crippen LogP contribution in [0.25, 0.3) is 0 Å². The first kappa shape index (κ1) is 61.9. The van der Waals surface area contributed by atoms with Gasteiger partial charge in [-0.2, -0.15) is 0 Å². The van der Waals surface area contributed by atoms with E-state index in [1.54, 1.807) is 0 Å². The molecule has 376 valence electrons. The number of quaternary nitrogens is 1. The summed E-state index contributed by atoms with van der Waals surface area (Å²) in [6, 6.07) is 0. The summed E-state index contributed by atoms with van der Waals surface area (Å²) in [5.41, 5.74) is -0.913. The first-order valence-electron chi connectivity index (χ1n) is 27.7. The minimum absolute atomic E-state index is 0.0207. The lowest BCUT2D eigenvalue weighted by atomic mass is 9.98. The molecule has 1 unspecified atom stereocenters. The van der Waals surface area contributed by atoms with Gasteiger partial charge in [0, 0.05) is 19.3 Å². The highest BCUT2D eigenvalue weighted by Gasteiger charge is 2.47. The second kappa shape index (κ2) is 46.0. The highest BCUT2D eigenvalue weighted by molar-refractivity contribution is 5.70. The molecule has 0 radical (unpaired) electrons. The van der Waals surface area contributed by atoms with Gasteiger partial charge >= 0.3 is 17.9 Å². The van der Waals surface area contributed by atoms with Gasteiger partial charge in [0.2, 0.25) is 5.54 Å². The van der Waals surface area contributed by atoms with Crippen LogP contribution in [-0.4, -0.2) is 68.9 Å². The van der Waals surface area contributed by atoms with Crippen LogP contribution in [-0.2, 0) is 28.6 Å². The second-order valence-electron chi connectivity index (χ2n) is 20.2. The summed E-state index contributed by atoms with van der Waals surface area (Å²) < 4.78 is 18.1. The number of carbonyl (C=O) groups is 3. The third-order valence-corrected chi connectivity index (χ3v) is 13.2.